The van der Waals surface area contributed by atoms with Gasteiger partial charge in [0.15, 0.2) is 11.8 Å². The minimum atomic E-state index is -0.333. The van der Waals surface area contributed by atoms with Crippen LogP contribution in [-0.4, -0.2) is 32.3 Å². The largest absolute Gasteiger partial charge is 0.370 e. The second kappa shape index (κ2) is 8.90. The van der Waals surface area contributed by atoms with E-state index in [0.29, 0.717) is 12.0 Å². The van der Waals surface area contributed by atoms with Crippen LogP contribution in [-0.2, 0) is 0 Å². The van der Waals surface area contributed by atoms with Crippen molar-refractivity contribution in [1.29, 1.82) is 5.41 Å². The highest BCUT2D eigenvalue weighted by Gasteiger charge is 2.33. The zero-order valence-corrected chi connectivity index (χ0v) is 18.4. The third-order valence-electron chi connectivity index (χ3n) is 5.99. The summed E-state index contributed by atoms with van der Waals surface area (Å²) in [6.07, 6.45) is 11.4. The highest BCUT2D eigenvalue weighted by Crippen LogP contribution is 2.42. The molecule has 0 radical (unpaired) electrons. The second-order valence-electron chi connectivity index (χ2n) is 8.64. The highest BCUT2D eigenvalue weighted by molar-refractivity contribution is 5.75. The molecule has 168 valence electrons. The number of guanidine groups is 1. The minimum Gasteiger partial charge on any atom is -0.370 e. The summed E-state index contributed by atoms with van der Waals surface area (Å²) in [7, 11) is 0. The maximum atomic E-state index is 6.06. The van der Waals surface area contributed by atoms with Crippen LogP contribution in [0.15, 0.2) is 72.7 Å². The first-order chi connectivity index (χ1) is 16.1. The number of allylic oxidation sites excluding steroid dienone is 3. The summed E-state index contributed by atoms with van der Waals surface area (Å²) < 4.78 is 2.18. The number of anilines is 1. The Morgan fingerprint density at radius 1 is 0.939 bits per heavy atom. The molecule has 1 aliphatic heterocycles. The van der Waals surface area contributed by atoms with Crippen LogP contribution in [0, 0.1) is 11.3 Å². The maximum Gasteiger partial charge on any atom is 0.183 e. The average molecular weight is 441 g/mol. The summed E-state index contributed by atoms with van der Waals surface area (Å²) in [5.41, 5.74) is 13.8. The molecule has 8 heteroatoms. The SMILES string of the molecule is C1=C(c2ccccc2)CN(c2cccc(-c3nncn3C3CC3)n2)C(C2CC2)=C1.N=C(N)N. The van der Waals surface area contributed by atoms with Gasteiger partial charge < -0.3 is 20.9 Å². The molecular formula is C25H28N8. The molecule has 0 bridgehead atoms. The molecule has 33 heavy (non-hydrogen) atoms. The molecule has 1 aromatic carbocycles. The van der Waals surface area contributed by atoms with E-state index in [1.807, 2.05) is 12.4 Å². The first-order valence-electron chi connectivity index (χ1n) is 11.3. The Bertz CT molecular complexity index is 1200. The minimum absolute atomic E-state index is 0.333. The van der Waals surface area contributed by atoms with Crippen molar-refractivity contribution in [3.8, 4) is 11.5 Å². The van der Waals surface area contributed by atoms with E-state index in [-0.39, 0.29) is 5.96 Å². The van der Waals surface area contributed by atoms with E-state index in [1.54, 1.807) is 0 Å². The maximum absolute atomic E-state index is 6.06. The van der Waals surface area contributed by atoms with Crippen LogP contribution in [0.1, 0.15) is 37.3 Å². The monoisotopic (exact) mass is 440 g/mol. The Morgan fingerprint density at radius 2 is 1.70 bits per heavy atom. The quantitative estimate of drug-likeness (QED) is 0.411. The molecule has 5 N–H and O–H groups in total. The smallest absolute Gasteiger partial charge is 0.183 e. The van der Waals surface area contributed by atoms with Gasteiger partial charge in [-0.1, -0.05) is 42.5 Å². The van der Waals surface area contributed by atoms with Crippen molar-refractivity contribution in [2.45, 2.75) is 31.7 Å². The average Bonchev–Trinajstić information content (AvgIpc) is 3.78. The molecule has 0 atom stereocenters. The molecule has 0 spiro atoms. The van der Waals surface area contributed by atoms with Crippen molar-refractivity contribution >= 4 is 17.4 Å². The summed E-state index contributed by atoms with van der Waals surface area (Å²) in [4.78, 5) is 7.42. The lowest BCUT2D eigenvalue weighted by Crippen LogP contribution is -2.28. The van der Waals surface area contributed by atoms with Crippen molar-refractivity contribution in [3.63, 3.8) is 0 Å². The molecule has 3 aliphatic rings. The van der Waals surface area contributed by atoms with E-state index >= 15 is 0 Å². The zero-order valence-electron chi connectivity index (χ0n) is 18.4. The molecule has 2 saturated carbocycles. The first kappa shape index (κ1) is 20.9. The highest BCUT2D eigenvalue weighted by atomic mass is 15.3. The van der Waals surface area contributed by atoms with Gasteiger partial charge in [0.2, 0.25) is 0 Å². The van der Waals surface area contributed by atoms with E-state index in [1.165, 1.54) is 42.5 Å². The van der Waals surface area contributed by atoms with Crippen LogP contribution in [0.5, 0.6) is 0 Å². The standard InChI is InChI=1S/C24H23N5.CH5N3/c1-2-5-17(6-3-1)19-11-14-22(18-9-10-18)28(15-19)23-8-4-7-21(26-23)24-27-25-16-29(24)20-12-13-20;2-1(3)4/h1-8,11,14,16,18,20H,9-10,12-13,15H2;(H5,2,3,4). The molecule has 3 heterocycles. The lowest BCUT2D eigenvalue weighted by atomic mass is 10.0. The number of nitrogens with zero attached hydrogens (tertiary/aromatic N) is 5. The van der Waals surface area contributed by atoms with Gasteiger partial charge in [0, 0.05) is 18.3 Å². The van der Waals surface area contributed by atoms with E-state index in [4.69, 9.17) is 10.4 Å². The Balaban J connectivity index is 0.000000531. The lowest BCUT2D eigenvalue weighted by Gasteiger charge is -2.31. The number of nitrogens with two attached hydrogens (primary N) is 2. The van der Waals surface area contributed by atoms with Gasteiger partial charge in [0.25, 0.3) is 0 Å². The topological polar surface area (TPSA) is 123 Å². The van der Waals surface area contributed by atoms with Crippen LogP contribution in [0.3, 0.4) is 0 Å². The van der Waals surface area contributed by atoms with Crippen LogP contribution >= 0.6 is 0 Å². The van der Waals surface area contributed by atoms with Gasteiger partial charge in [-0.15, -0.1) is 10.2 Å². The molecule has 0 amide bonds. The third kappa shape index (κ3) is 4.79. The molecule has 8 nitrogen and oxygen atoms in total. The van der Waals surface area contributed by atoms with Crippen LogP contribution in [0.2, 0.25) is 0 Å². The van der Waals surface area contributed by atoms with E-state index < -0.39 is 0 Å². The van der Waals surface area contributed by atoms with Crippen molar-refractivity contribution in [2.24, 2.45) is 17.4 Å². The Morgan fingerprint density at radius 3 is 2.39 bits per heavy atom. The molecule has 2 aliphatic carbocycles. The Labute approximate surface area is 193 Å². The number of benzene rings is 1. The predicted molar refractivity (Wildman–Crippen MR) is 130 cm³/mol. The van der Waals surface area contributed by atoms with Crippen LogP contribution in [0.4, 0.5) is 5.82 Å². The predicted octanol–water partition coefficient (Wildman–Crippen LogP) is 3.71. The van der Waals surface area contributed by atoms with Crippen molar-refractivity contribution < 1.29 is 0 Å². The second-order valence-corrected chi connectivity index (χ2v) is 8.64. The molecular weight excluding hydrogens is 412 g/mol. The summed E-state index contributed by atoms with van der Waals surface area (Å²) in [6.45, 7) is 0.845. The van der Waals surface area contributed by atoms with Gasteiger partial charge in [-0.3, -0.25) is 5.41 Å². The van der Waals surface area contributed by atoms with Gasteiger partial charge in [-0.25, -0.2) is 4.98 Å². The summed E-state index contributed by atoms with van der Waals surface area (Å²) in [6, 6.07) is 17.4. The van der Waals surface area contributed by atoms with E-state index in [2.05, 4.69) is 85.7 Å². The van der Waals surface area contributed by atoms with Gasteiger partial charge in [-0.2, -0.15) is 0 Å². The molecule has 0 saturated heterocycles. The molecule has 3 aromatic rings. The van der Waals surface area contributed by atoms with Crippen molar-refractivity contribution in [3.05, 3.63) is 78.3 Å². The number of hydrogen-bond acceptors (Lipinski definition) is 5. The molecule has 0 unspecified atom stereocenters. The fourth-order valence-electron chi connectivity index (χ4n) is 4.12. The fourth-order valence-corrected chi connectivity index (χ4v) is 4.12. The zero-order chi connectivity index (χ0) is 22.8. The van der Waals surface area contributed by atoms with Crippen molar-refractivity contribution in [2.75, 3.05) is 11.4 Å². The van der Waals surface area contributed by atoms with Gasteiger partial charge in [-0.05, 0) is 60.9 Å². The van der Waals surface area contributed by atoms with E-state index in [9.17, 15) is 0 Å². The Kier molecular flexibility index (Phi) is 5.64. The molecule has 6 rings (SSSR count). The number of aromatic nitrogens is 4. The van der Waals surface area contributed by atoms with Gasteiger partial charge in [0.05, 0.1) is 0 Å². The summed E-state index contributed by atoms with van der Waals surface area (Å²) in [5, 5.41) is 14.6. The molecule has 2 fully saturated rings. The normalized spacial score (nSPS) is 17.5. The lowest BCUT2D eigenvalue weighted by molar-refractivity contribution is 0.743. The third-order valence-corrected chi connectivity index (χ3v) is 5.99. The van der Waals surface area contributed by atoms with E-state index in [0.717, 1.165) is 23.9 Å². The summed E-state index contributed by atoms with van der Waals surface area (Å²) >= 11 is 0. The van der Waals surface area contributed by atoms with Gasteiger partial charge in [0.1, 0.15) is 17.8 Å². The Hall–Kier alpha value is -3.94. The van der Waals surface area contributed by atoms with Gasteiger partial charge >= 0.3 is 0 Å². The summed E-state index contributed by atoms with van der Waals surface area (Å²) in [5.74, 6) is 2.19. The van der Waals surface area contributed by atoms with Crippen LogP contribution in [0.25, 0.3) is 17.1 Å². The number of hydrogen-bond donors (Lipinski definition) is 3. The number of nitrogens with one attached hydrogen (secondary N) is 1. The van der Waals surface area contributed by atoms with Crippen molar-refractivity contribution in [1.82, 2.24) is 19.7 Å². The number of pyridine rings is 1. The molecule has 2 aromatic heterocycles. The fraction of sp³-hybridized carbons (Fsp3) is 0.280. The number of rotatable bonds is 5. The first-order valence-corrected chi connectivity index (χ1v) is 11.3. The van der Waals surface area contributed by atoms with Crippen LogP contribution < -0.4 is 16.4 Å².